The van der Waals surface area contributed by atoms with E-state index in [9.17, 15) is 4.79 Å². The fourth-order valence-electron chi connectivity index (χ4n) is 1.94. The predicted molar refractivity (Wildman–Crippen MR) is 69.9 cm³/mol. The highest BCUT2D eigenvalue weighted by molar-refractivity contribution is 6.63. The summed E-state index contributed by atoms with van der Waals surface area (Å²) in [5, 5.41) is 2.11. The molecule has 0 bridgehead atoms. The number of allylic oxidation sites excluding steroid dienone is 4. The molecule has 3 nitrogen and oxygen atoms in total. The lowest BCUT2D eigenvalue weighted by molar-refractivity contribution is 0.115. The first-order chi connectivity index (χ1) is 8.02. The Morgan fingerprint density at radius 3 is 2.82 bits per heavy atom. The summed E-state index contributed by atoms with van der Waals surface area (Å²) in [5.74, 6) is 0.996. The highest BCUT2D eigenvalue weighted by atomic mass is 35.5. The van der Waals surface area contributed by atoms with Crippen LogP contribution >= 0.6 is 11.6 Å². The van der Waals surface area contributed by atoms with Gasteiger partial charge in [-0.1, -0.05) is 13.3 Å². The van der Waals surface area contributed by atoms with E-state index >= 15 is 0 Å². The third-order valence-electron chi connectivity index (χ3n) is 2.77. The first-order valence-corrected chi connectivity index (χ1v) is 6.44. The molecule has 0 aromatic carbocycles. The molecule has 0 fully saturated rings. The molecule has 0 saturated carbocycles. The minimum Gasteiger partial charge on any atom is -0.495 e. The largest absolute Gasteiger partial charge is 0.495 e. The maximum absolute atomic E-state index is 10.8. The third-order valence-corrected chi connectivity index (χ3v) is 2.87. The summed E-state index contributed by atoms with van der Waals surface area (Å²) in [6.45, 7) is 6.18. The molecule has 1 N–H and O–H groups in total. The fraction of sp³-hybridized carbons (Fsp3) is 0.615. The van der Waals surface area contributed by atoms with Crippen molar-refractivity contribution < 1.29 is 9.53 Å². The molecule has 1 aliphatic rings. The first-order valence-electron chi connectivity index (χ1n) is 6.06. The Morgan fingerprint density at radius 2 is 2.29 bits per heavy atom. The summed E-state index contributed by atoms with van der Waals surface area (Å²) in [7, 11) is 0. The van der Waals surface area contributed by atoms with Crippen LogP contribution in [0.1, 0.15) is 46.5 Å². The number of ether oxygens (including phenoxy) is 1. The van der Waals surface area contributed by atoms with Crippen LogP contribution in [0.4, 0.5) is 4.79 Å². The zero-order chi connectivity index (χ0) is 12.8. The van der Waals surface area contributed by atoms with E-state index in [4.69, 9.17) is 16.3 Å². The van der Waals surface area contributed by atoms with Gasteiger partial charge in [-0.05, 0) is 49.9 Å². The summed E-state index contributed by atoms with van der Waals surface area (Å²) in [6, 6.07) is 0. The predicted octanol–water partition coefficient (Wildman–Crippen LogP) is 4.09. The number of carbonyl (C=O) groups excluding carboxylic acids is 1. The minimum atomic E-state index is -0.531. The average Bonchev–Trinajstić information content (AvgIpc) is 2.22. The van der Waals surface area contributed by atoms with E-state index in [-0.39, 0.29) is 6.10 Å². The molecule has 0 aromatic rings. The monoisotopic (exact) mass is 257 g/mol. The lowest BCUT2D eigenvalue weighted by Crippen LogP contribution is -2.20. The molecule has 1 atom stereocenters. The number of carbonyl (C=O) groups is 1. The van der Waals surface area contributed by atoms with Crippen LogP contribution in [0.5, 0.6) is 0 Å². The van der Waals surface area contributed by atoms with E-state index in [0.29, 0.717) is 0 Å². The smallest absolute Gasteiger partial charge is 0.317 e. The van der Waals surface area contributed by atoms with Crippen molar-refractivity contribution in [3.8, 4) is 0 Å². The average molecular weight is 258 g/mol. The van der Waals surface area contributed by atoms with Crippen molar-refractivity contribution in [3.63, 3.8) is 0 Å². The van der Waals surface area contributed by atoms with Gasteiger partial charge in [0, 0.05) is 12.1 Å². The minimum absolute atomic E-state index is 0.253. The Balaban J connectivity index is 2.61. The molecule has 0 aliphatic heterocycles. The van der Waals surface area contributed by atoms with Gasteiger partial charge in [0.2, 0.25) is 0 Å². The lowest BCUT2D eigenvalue weighted by Gasteiger charge is -2.22. The Bertz CT molecular complexity index is 347. The van der Waals surface area contributed by atoms with Crippen molar-refractivity contribution in [2.24, 2.45) is 0 Å². The second-order valence-corrected chi connectivity index (χ2v) is 4.73. The molecule has 0 radical (unpaired) electrons. The standard InChI is InChI=1S/C13H20ClNO2/c1-4-5-10(3)17-11-6-7-12(9(2)8-11)15-13(14)16/h8,10H,4-7H2,1-3H3,(H,15,16). The van der Waals surface area contributed by atoms with Gasteiger partial charge in [-0.2, -0.15) is 0 Å². The summed E-state index contributed by atoms with van der Waals surface area (Å²) < 4.78 is 5.84. The van der Waals surface area contributed by atoms with Gasteiger partial charge in [0.15, 0.2) is 0 Å². The second kappa shape index (κ2) is 6.70. The lowest BCUT2D eigenvalue weighted by atomic mass is 10.0. The van der Waals surface area contributed by atoms with Crippen LogP contribution in [-0.4, -0.2) is 11.5 Å². The van der Waals surface area contributed by atoms with Gasteiger partial charge in [0.1, 0.15) is 0 Å². The molecule has 0 spiro atoms. The highest BCUT2D eigenvalue weighted by Gasteiger charge is 2.14. The molecule has 0 saturated heterocycles. The molecule has 1 unspecified atom stereocenters. The summed E-state index contributed by atoms with van der Waals surface area (Å²) in [5.41, 5.74) is 1.91. The van der Waals surface area contributed by atoms with Gasteiger partial charge in [0.25, 0.3) is 0 Å². The second-order valence-electron chi connectivity index (χ2n) is 4.39. The van der Waals surface area contributed by atoms with Gasteiger partial charge < -0.3 is 10.1 Å². The Labute approximate surface area is 108 Å². The maximum Gasteiger partial charge on any atom is 0.317 e. The molecule has 96 valence electrons. The SMILES string of the molecule is CCCC(C)OC1=CC(C)=C(NC(=O)Cl)CC1. The van der Waals surface area contributed by atoms with Crippen molar-refractivity contribution in [1.29, 1.82) is 0 Å². The molecule has 1 rings (SSSR count). The van der Waals surface area contributed by atoms with Gasteiger partial charge >= 0.3 is 5.37 Å². The van der Waals surface area contributed by atoms with E-state index in [2.05, 4.69) is 19.2 Å². The summed E-state index contributed by atoms with van der Waals surface area (Å²) in [6.07, 6.45) is 6.01. The molecule has 1 aliphatic carbocycles. The Hall–Kier alpha value is -0.960. The van der Waals surface area contributed by atoms with E-state index < -0.39 is 5.37 Å². The summed E-state index contributed by atoms with van der Waals surface area (Å²) >= 11 is 5.30. The van der Waals surface area contributed by atoms with Crippen molar-refractivity contribution in [3.05, 3.63) is 23.1 Å². The van der Waals surface area contributed by atoms with Crippen LogP contribution in [0.3, 0.4) is 0 Å². The van der Waals surface area contributed by atoms with Gasteiger partial charge in [-0.15, -0.1) is 0 Å². The van der Waals surface area contributed by atoms with Crippen LogP contribution in [0, 0.1) is 0 Å². The number of nitrogens with one attached hydrogen (secondary N) is 1. The van der Waals surface area contributed by atoms with Crippen LogP contribution in [-0.2, 0) is 4.74 Å². The van der Waals surface area contributed by atoms with E-state index in [1.165, 1.54) is 0 Å². The molecule has 4 heteroatoms. The number of hydrogen-bond donors (Lipinski definition) is 1. The zero-order valence-corrected chi connectivity index (χ0v) is 11.4. The highest BCUT2D eigenvalue weighted by Crippen LogP contribution is 2.24. The first kappa shape index (κ1) is 14.1. The summed E-state index contributed by atoms with van der Waals surface area (Å²) in [4.78, 5) is 10.8. The van der Waals surface area contributed by atoms with E-state index in [1.54, 1.807) is 0 Å². The normalized spacial score (nSPS) is 17.5. The maximum atomic E-state index is 10.8. The van der Waals surface area contributed by atoms with Crippen LogP contribution in [0.25, 0.3) is 0 Å². The van der Waals surface area contributed by atoms with Crippen LogP contribution in [0.2, 0.25) is 0 Å². The molecule has 0 aromatic heterocycles. The van der Waals surface area contributed by atoms with E-state index in [0.717, 1.165) is 42.7 Å². The van der Waals surface area contributed by atoms with Crippen molar-refractivity contribution in [2.75, 3.05) is 0 Å². The van der Waals surface area contributed by atoms with Crippen molar-refractivity contribution >= 4 is 17.0 Å². The number of halogens is 1. The molecular formula is C13H20ClNO2. The van der Waals surface area contributed by atoms with Crippen molar-refractivity contribution in [1.82, 2.24) is 5.32 Å². The van der Waals surface area contributed by atoms with Crippen molar-refractivity contribution in [2.45, 2.75) is 52.6 Å². The number of hydrogen-bond acceptors (Lipinski definition) is 2. The third kappa shape index (κ3) is 4.82. The number of amides is 1. The molecule has 1 amide bonds. The van der Waals surface area contributed by atoms with Gasteiger partial charge in [-0.3, -0.25) is 4.79 Å². The zero-order valence-electron chi connectivity index (χ0n) is 10.7. The number of rotatable bonds is 5. The Morgan fingerprint density at radius 1 is 1.59 bits per heavy atom. The van der Waals surface area contributed by atoms with E-state index in [1.807, 2.05) is 13.0 Å². The Kier molecular flexibility index (Phi) is 5.56. The van der Waals surface area contributed by atoms with Crippen LogP contribution in [0.15, 0.2) is 23.1 Å². The van der Waals surface area contributed by atoms with Gasteiger partial charge in [-0.25, -0.2) is 0 Å². The molecule has 17 heavy (non-hydrogen) atoms. The quantitative estimate of drug-likeness (QED) is 0.595. The van der Waals surface area contributed by atoms with Gasteiger partial charge in [0.05, 0.1) is 11.9 Å². The molecule has 0 heterocycles. The van der Waals surface area contributed by atoms with Crippen LogP contribution < -0.4 is 5.32 Å². The molecular weight excluding hydrogens is 238 g/mol. The topological polar surface area (TPSA) is 38.3 Å². The fourth-order valence-corrected chi connectivity index (χ4v) is 2.06.